The molecule has 88 valence electrons. The van der Waals surface area contributed by atoms with E-state index in [0.717, 1.165) is 0 Å². The summed E-state index contributed by atoms with van der Waals surface area (Å²) in [5, 5.41) is 10.7. The molecule has 0 aliphatic carbocycles. The zero-order chi connectivity index (χ0) is 12.3. The van der Waals surface area contributed by atoms with Crippen molar-refractivity contribution in [2.45, 2.75) is 6.10 Å². The van der Waals surface area contributed by atoms with Gasteiger partial charge in [-0.05, 0) is 6.07 Å². The molecule has 1 unspecified atom stereocenters. The third-order valence-electron chi connectivity index (χ3n) is 2.34. The number of aliphatic hydroxyl groups is 1. The lowest BCUT2D eigenvalue weighted by Crippen LogP contribution is -2.06. The molecule has 17 heavy (non-hydrogen) atoms. The zero-order valence-corrected chi connectivity index (χ0v) is 9.93. The van der Waals surface area contributed by atoms with Gasteiger partial charge in [0.25, 0.3) is 0 Å². The molecule has 0 fully saturated rings. The van der Waals surface area contributed by atoms with Crippen LogP contribution in [0.25, 0.3) is 0 Å². The van der Waals surface area contributed by atoms with Gasteiger partial charge in [-0.1, -0.05) is 29.8 Å². The second-order valence-corrected chi connectivity index (χ2v) is 3.78. The summed E-state index contributed by atoms with van der Waals surface area (Å²) < 4.78 is 5.05. The standard InChI is InChI=1S/C12H11ClN2O2/c1-17-12-10(14-6-7-15-12)11(16)8-4-2-3-5-9(8)13/h2-7,11,16H,1H3. The Balaban J connectivity index is 2.44. The SMILES string of the molecule is COc1nccnc1C(O)c1ccccc1Cl. The van der Waals surface area contributed by atoms with E-state index in [2.05, 4.69) is 9.97 Å². The van der Waals surface area contributed by atoms with Gasteiger partial charge in [0.1, 0.15) is 11.8 Å². The molecule has 0 saturated carbocycles. The van der Waals surface area contributed by atoms with Gasteiger partial charge < -0.3 is 9.84 Å². The van der Waals surface area contributed by atoms with Crippen LogP contribution >= 0.6 is 11.6 Å². The van der Waals surface area contributed by atoms with E-state index in [-0.39, 0.29) is 0 Å². The van der Waals surface area contributed by atoms with E-state index in [1.54, 1.807) is 24.3 Å². The Kier molecular flexibility index (Phi) is 3.56. The maximum Gasteiger partial charge on any atom is 0.238 e. The molecule has 0 aliphatic heterocycles. The van der Waals surface area contributed by atoms with Crippen LogP contribution in [0, 0.1) is 0 Å². The minimum Gasteiger partial charge on any atom is -0.480 e. The van der Waals surface area contributed by atoms with Crippen molar-refractivity contribution in [1.29, 1.82) is 0 Å². The molecule has 1 atom stereocenters. The number of aromatic nitrogens is 2. The molecular weight excluding hydrogens is 240 g/mol. The Labute approximate surface area is 104 Å². The Bertz CT molecular complexity index is 519. The first-order valence-electron chi connectivity index (χ1n) is 5.01. The number of ether oxygens (including phenoxy) is 1. The van der Waals surface area contributed by atoms with Crippen molar-refractivity contribution in [1.82, 2.24) is 9.97 Å². The van der Waals surface area contributed by atoms with E-state index >= 15 is 0 Å². The lowest BCUT2D eigenvalue weighted by Gasteiger charge is -2.13. The molecule has 0 saturated heterocycles. The number of hydrogen-bond acceptors (Lipinski definition) is 4. The molecule has 0 aliphatic rings. The minimum absolute atomic E-state index is 0.292. The monoisotopic (exact) mass is 250 g/mol. The van der Waals surface area contributed by atoms with Gasteiger partial charge in [-0.3, -0.25) is 4.98 Å². The first kappa shape index (κ1) is 11.8. The van der Waals surface area contributed by atoms with Crippen LogP contribution in [0.3, 0.4) is 0 Å². The van der Waals surface area contributed by atoms with E-state index in [9.17, 15) is 5.11 Å². The van der Waals surface area contributed by atoms with Gasteiger partial charge in [-0.25, -0.2) is 4.98 Å². The van der Waals surface area contributed by atoms with Crippen LogP contribution in [-0.4, -0.2) is 22.2 Å². The summed E-state index contributed by atoms with van der Waals surface area (Å²) in [6, 6.07) is 7.05. The van der Waals surface area contributed by atoms with Crippen LogP contribution in [0.1, 0.15) is 17.4 Å². The molecule has 0 spiro atoms. The van der Waals surface area contributed by atoms with Crippen molar-refractivity contribution in [3.8, 4) is 5.88 Å². The minimum atomic E-state index is -0.952. The number of nitrogens with zero attached hydrogens (tertiary/aromatic N) is 2. The molecule has 2 rings (SSSR count). The van der Waals surface area contributed by atoms with E-state index in [1.807, 2.05) is 0 Å². The molecule has 0 amide bonds. The maximum absolute atomic E-state index is 10.2. The molecule has 0 bridgehead atoms. The van der Waals surface area contributed by atoms with Gasteiger partial charge in [-0.2, -0.15) is 0 Å². The van der Waals surface area contributed by atoms with Crippen molar-refractivity contribution in [3.05, 3.63) is 52.9 Å². The lowest BCUT2D eigenvalue weighted by atomic mass is 10.1. The summed E-state index contributed by atoms with van der Waals surface area (Å²) >= 11 is 6.02. The number of halogens is 1. The van der Waals surface area contributed by atoms with Crippen LogP contribution in [-0.2, 0) is 0 Å². The van der Waals surface area contributed by atoms with Crippen LogP contribution in [0.4, 0.5) is 0 Å². The van der Waals surface area contributed by atoms with Gasteiger partial charge in [0, 0.05) is 23.0 Å². The number of rotatable bonds is 3. The molecule has 4 nitrogen and oxygen atoms in total. The topological polar surface area (TPSA) is 55.2 Å². The van der Waals surface area contributed by atoms with Gasteiger partial charge in [-0.15, -0.1) is 0 Å². The van der Waals surface area contributed by atoms with Crippen LogP contribution in [0.2, 0.25) is 5.02 Å². The second kappa shape index (κ2) is 5.12. The number of aliphatic hydroxyl groups excluding tert-OH is 1. The van der Waals surface area contributed by atoms with Crippen LogP contribution in [0.15, 0.2) is 36.7 Å². The average molecular weight is 251 g/mol. The highest BCUT2D eigenvalue weighted by molar-refractivity contribution is 6.31. The van der Waals surface area contributed by atoms with E-state index in [1.165, 1.54) is 19.5 Å². The molecular formula is C12H11ClN2O2. The van der Waals surface area contributed by atoms with Gasteiger partial charge in [0.2, 0.25) is 5.88 Å². The summed E-state index contributed by atoms with van der Waals surface area (Å²) in [5.41, 5.74) is 0.927. The predicted octanol–water partition coefficient (Wildman–Crippen LogP) is 2.22. The largest absolute Gasteiger partial charge is 0.480 e. The Morgan fingerprint density at radius 2 is 1.94 bits per heavy atom. The highest BCUT2D eigenvalue weighted by Gasteiger charge is 2.19. The molecule has 5 heteroatoms. The molecule has 1 aromatic carbocycles. The highest BCUT2D eigenvalue weighted by atomic mass is 35.5. The smallest absolute Gasteiger partial charge is 0.238 e. The number of methoxy groups -OCH3 is 1. The maximum atomic E-state index is 10.2. The van der Waals surface area contributed by atoms with Crippen LogP contribution < -0.4 is 4.74 Å². The lowest BCUT2D eigenvalue weighted by molar-refractivity contribution is 0.207. The van der Waals surface area contributed by atoms with Crippen molar-refractivity contribution >= 4 is 11.6 Å². The summed E-state index contributed by atoms with van der Waals surface area (Å²) in [6.45, 7) is 0. The summed E-state index contributed by atoms with van der Waals surface area (Å²) in [7, 11) is 1.48. The van der Waals surface area contributed by atoms with Gasteiger partial charge >= 0.3 is 0 Å². The van der Waals surface area contributed by atoms with Crippen molar-refractivity contribution < 1.29 is 9.84 Å². The van der Waals surface area contributed by atoms with E-state index in [0.29, 0.717) is 22.2 Å². The third kappa shape index (κ3) is 2.38. The fraction of sp³-hybridized carbons (Fsp3) is 0.167. The summed E-state index contributed by atoms with van der Waals surface area (Å²) in [5.74, 6) is 0.292. The summed E-state index contributed by atoms with van der Waals surface area (Å²) in [4.78, 5) is 8.06. The fourth-order valence-electron chi connectivity index (χ4n) is 1.52. The molecule has 2 aromatic rings. The quantitative estimate of drug-likeness (QED) is 0.908. The second-order valence-electron chi connectivity index (χ2n) is 3.37. The Hall–Kier alpha value is -1.65. The van der Waals surface area contributed by atoms with Crippen molar-refractivity contribution in [3.63, 3.8) is 0 Å². The van der Waals surface area contributed by atoms with Crippen LogP contribution in [0.5, 0.6) is 5.88 Å². The number of benzene rings is 1. The highest BCUT2D eigenvalue weighted by Crippen LogP contribution is 2.30. The third-order valence-corrected chi connectivity index (χ3v) is 2.69. The molecule has 0 radical (unpaired) electrons. The van der Waals surface area contributed by atoms with Crippen molar-refractivity contribution in [2.24, 2.45) is 0 Å². The predicted molar refractivity (Wildman–Crippen MR) is 64.1 cm³/mol. The summed E-state index contributed by atoms with van der Waals surface area (Å²) in [6.07, 6.45) is 2.05. The number of hydrogen-bond donors (Lipinski definition) is 1. The van der Waals surface area contributed by atoms with E-state index in [4.69, 9.17) is 16.3 Å². The van der Waals surface area contributed by atoms with Crippen molar-refractivity contribution in [2.75, 3.05) is 7.11 Å². The zero-order valence-electron chi connectivity index (χ0n) is 9.17. The first-order valence-corrected chi connectivity index (χ1v) is 5.39. The molecule has 1 N–H and O–H groups in total. The van der Waals surface area contributed by atoms with Gasteiger partial charge in [0.15, 0.2) is 0 Å². The van der Waals surface area contributed by atoms with E-state index < -0.39 is 6.10 Å². The molecule has 1 aromatic heterocycles. The first-order chi connectivity index (χ1) is 8.24. The average Bonchev–Trinajstić information content (AvgIpc) is 2.38. The molecule has 1 heterocycles. The normalized spacial score (nSPS) is 12.2. The fourth-order valence-corrected chi connectivity index (χ4v) is 1.76. The Morgan fingerprint density at radius 1 is 1.24 bits per heavy atom. The van der Waals surface area contributed by atoms with Gasteiger partial charge in [0.05, 0.1) is 7.11 Å². The Morgan fingerprint density at radius 3 is 2.65 bits per heavy atom.